The summed E-state index contributed by atoms with van der Waals surface area (Å²) >= 11 is 5.93. The average molecular weight is 294 g/mol. The quantitative estimate of drug-likeness (QED) is 0.663. The number of carbonyl (C=O) groups is 1. The maximum absolute atomic E-state index is 10.9. The second kappa shape index (κ2) is 5.54. The Morgan fingerprint density at radius 3 is 2.60 bits per heavy atom. The normalized spacial score (nSPS) is 10.1. The Balaban J connectivity index is 2.48. The summed E-state index contributed by atoms with van der Waals surface area (Å²) in [6.45, 7) is 0. The van der Waals surface area contributed by atoms with Gasteiger partial charge in [-0.15, -0.1) is 0 Å². The molecule has 7 nitrogen and oxygen atoms in total. The number of pyridine rings is 1. The molecular weight excluding hydrogens is 286 g/mol. The predicted molar refractivity (Wildman–Crippen MR) is 72.6 cm³/mol. The van der Waals surface area contributed by atoms with E-state index in [0.29, 0.717) is 10.7 Å². The first kappa shape index (κ1) is 13.8. The van der Waals surface area contributed by atoms with Crippen molar-refractivity contribution in [3.05, 3.63) is 57.2 Å². The van der Waals surface area contributed by atoms with Crippen LogP contribution in [-0.2, 0) is 0 Å². The smallest absolute Gasteiger partial charge is 0.354 e. The number of anilines is 2. The summed E-state index contributed by atoms with van der Waals surface area (Å²) in [6.07, 6.45) is 0. The van der Waals surface area contributed by atoms with Crippen LogP contribution in [0.25, 0.3) is 0 Å². The monoisotopic (exact) mass is 293 g/mol. The zero-order valence-electron chi connectivity index (χ0n) is 9.91. The number of hydrogen-bond donors (Lipinski definition) is 2. The van der Waals surface area contributed by atoms with Crippen LogP contribution in [0.2, 0.25) is 5.02 Å². The molecule has 0 unspecified atom stereocenters. The summed E-state index contributed by atoms with van der Waals surface area (Å²) in [5.74, 6) is -1.45. The summed E-state index contributed by atoms with van der Waals surface area (Å²) in [4.78, 5) is 24.9. The number of benzene rings is 1. The number of para-hydroxylation sites is 1. The Bertz CT molecular complexity index is 690. The second-order valence-electron chi connectivity index (χ2n) is 3.73. The van der Waals surface area contributed by atoms with Gasteiger partial charge in [0.1, 0.15) is 0 Å². The van der Waals surface area contributed by atoms with E-state index in [1.165, 1.54) is 0 Å². The minimum absolute atomic E-state index is 0.178. The number of aromatic nitrogens is 1. The predicted octanol–water partition coefficient (Wildman–Crippen LogP) is 3.09. The van der Waals surface area contributed by atoms with Crippen molar-refractivity contribution in [2.45, 2.75) is 0 Å². The van der Waals surface area contributed by atoms with E-state index in [0.717, 1.165) is 12.1 Å². The molecule has 0 bridgehead atoms. The lowest BCUT2D eigenvalue weighted by Crippen LogP contribution is -2.06. The minimum atomic E-state index is -1.28. The van der Waals surface area contributed by atoms with Crippen LogP contribution in [0, 0.1) is 10.1 Å². The number of halogens is 1. The van der Waals surface area contributed by atoms with E-state index in [1.54, 1.807) is 24.3 Å². The highest BCUT2D eigenvalue weighted by Crippen LogP contribution is 2.29. The fourth-order valence-electron chi connectivity index (χ4n) is 1.50. The van der Waals surface area contributed by atoms with Gasteiger partial charge in [0.05, 0.1) is 15.6 Å². The van der Waals surface area contributed by atoms with Crippen LogP contribution in [0.1, 0.15) is 10.5 Å². The van der Waals surface area contributed by atoms with Crippen molar-refractivity contribution >= 4 is 34.8 Å². The van der Waals surface area contributed by atoms with Gasteiger partial charge in [0.2, 0.25) is 5.82 Å². The molecule has 0 radical (unpaired) electrons. The number of aromatic carboxylic acids is 1. The van der Waals surface area contributed by atoms with Gasteiger partial charge in [0, 0.05) is 6.07 Å². The molecule has 102 valence electrons. The highest BCUT2D eigenvalue weighted by molar-refractivity contribution is 6.33. The van der Waals surface area contributed by atoms with Gasteiger partial charge in [0.15, 0.2) is 5.69 Å². The third-order valence-corrected chi connectivity index (χ3v) is 2.75. The van der Waals surface area contributed by atoms with Crippen LogP contribution in [-0.4, -0.2) is 21.0 Å². The van der Waals surface area contributed by atoms with Crippen LogP contribution in [0.4, 0.5) is 17.2 Å². The third-order valence-electron chi connectivity index (χ3n) is 2.42. The van der Waals surface area contributed by atoms with E-state index in [9.17, 15) is 14.9 Å². The summed E-state index contributed by atoms with van der Waals surface area (Å²) in [5.41, 5.74) is -0.243. The molecule has 0 aliphatic carbocycles. The topological polar surface area (TPSA) is 105 Å². The number of nitro groups is 1. The maximum atomic E-state index is 10.9. The van der Waals surface area contributed by atoms with Gasteiger partial charge in [-0.05, 0) is 18.2 Å². The molecule has 1 aromatic heterocycles. The SMILES string of the molecule is O=C(O)c1ccc([N+](=O)[O-])c(Nc2ccccc2Cl)n1. The van der Waals surface area contributed by atoms with Gasteiger partial charge in [-0.25, -0.2) is 9.78 Å². The number of carboxylic acids is 1. The molecule has 2 rings (SSSR count). The first-order valence-electron chi connectivity index (χ1n) is 5.39. The molecule has 0 fully saturated rings. The number of hydrogen-bond acceptors (Lipinski definition) is 5. The first-order valence-corrected chi connectivity index (χ1v) is 5.77. The zero-order chi connectivity index (χ0) is 14.7. The lowest BCUT2D eigenvalue weighted by molar-refractivity contribution is -0.384. The van der Waals surface area contributed by atoms with Gasteiger partial charge in [-0.2, -0.15) is 0 Å². The summed E-state index contributed by atoms with van der Waals surface area (Å²) < 4.78 is 0. The Labute approximate surface area is 118 Å². The maximum Gasteiger partial charge on any atom is 0.354 e. The van der Waals surface area contributed by atoms with E-state index in [-0.39, 0.29) is 17.2 Å². The molecule has 1 aromatic carbocycles. The average Bonchev–Trinajstić information content (AvgIpc) is 2.41. The van der Waals surface area contributed by atoms with Crippen LogP contribution in [0.5, 0.6) is 0 Å². The molecule has 20 heavy (non-hydrogen) atoms. The largest absolute Gasteiger partial charge is 0.477 e. The first-order chi connectivity index (χ1) is 9.49. The second-order valence-corrected chi connectivity index (χ2v) is 4.14. The van der Waals surface area contributed by atoms with E-state index in [1.807, 2.05) is 0 Å². The number of carboxylic acid groups (broad SMARTS) is 1. The Morgan fingerprint density at radius 1 is 1.30 bits per heavy atom. The molecule has 0 saturated carbocycles. The molecule has 2 N–H and O–H groups in total. The molecule has 0 aliphatic rings. The molecule has 0 amide bonds. The third kappa shape index (κ3) is 2.83. The van der Waals surface area contributed by atoms with E-state index < -0.39 is 10.9 Å². The molecule has 8 heteroatoms. The summed E-state index contributed by atoms with van der Waals surface area (Å²) in [7, 11) is 0. The number of nitrogens with one attached hydrogen (secondary N) is 1. The molecule has 1 heterocycles. The molecule has 2 aromatic rings. The fraction of sp³-hybridized carbons (Fsp3) is 0. The van der Waals surface area contributed by atoms with Crippen molar-refractivity contribution in [2.75, 3.05) is 5.32 Å². The van der Waals surface area contributed by atoms with Crippen LogP contribution in [0.15, 0.2) is 36.4 Å². The van der Waals surface area contributed by atoms with Crippen LogP contribution >= 0.6 is 11.6 Å². The van der Waals surface area contributed by atoms with Gasteiger partial charge >= 0.3 is 11.7 Å². The van der Waals surface area contributed by atoms with Crippen molar-refractivity contribution in [3.8, 4) is 0 Å². The van der Waals surface area contributed by atoms with Gasteiger partial charge in [-0.3, -0.25) is 10.1 Å². The highest BCUT2D eigenvalue weighted by Gasteiger charge is 2.19. The fourth-order valence-corrected chi connectivity index (χ4v) is 1.68. The Kier molecular flexibility index (Phi) is 3.81. The molecule has 0 aliphatic heterocycles. The zero-order valence-corrected chi connectivity index (χ0v) is 10.7. The molecule has 0 atom stereocenters. The molecule has 0 spiro atoms. The number of nitrogens with zero attached hydrogens (tertiary/aromatic N) is 2. The van der Waals surface area contributed by atoms with Gasteiger partial charge in [-0.1, -0.05) is 23.7 Å². The Hall–Kier alpha value is -2.67. The molecule has 0 saturated heterocycles. The van der Waals surface area contributed by atoms with Crippen molar-refractivity contribution in [2.24, 2.45) is 0 Å². The van der Waals surface area contributed by atoms with E-state index in [2.05, 4.69) is 10.3 Å². The van der Waals surface area contributed by atoms with Crippen LogP contribution in [0.3, 0.4) is 0 Å². The standard InChI is InChI=1S/C12H8ClN3O4/c13-7-3-1-2-4-8(7)14-11-10(16(19)20)6-5-9(15-11)12(17)18/h1-6H,(H,14,15)(H,17,18). The van der Waals surface area contributed by atoms with Gasteiger partial charge in [0.25, 0.3) is 0 Å². The van der Waals surface area contributed by atoms with Crippen molar-refractivity contribution in [1.29, 1.82) is 0 Å². The number of rotatable bonds is 4. The minimum Gasteiger partial charge on any atom is -0.477 e. The Morgan fingerprint density at radius 2 is 2.00 bits per heavy atom. The van der Waals surface area contributed by atoms with E-state index in [4.69, 9.17) is 16.7 Å². The van der Waals surface area contributed by atoms with Crippen LogP contribution < -0.4 is 5.32 Å². The van der Waals surface area contributed by atoms with E-state index >= 15 is 0 Å². The van der Waals surface area contributed by atoms with Crippen molar-refractivity contribution in [3.63, 3.8) is 0 Å². The summed E-state index contributed by atoms with van der Waals surface area (Å²) in [6, 6.07) is 8.72. The lowest BCUT2D eigenvalue weighted by Gasteiger charge is -2.08. The lowest BCUT2D eigenvalue weighted by atomic mass is 10.3. The highest BCUT2D eigenvalue weighted by atomic mass is 35.5. The van der Waals surface area contributed by atoms with Crippen molar-refractivity contribution in [1.82, 2.24) is 4.98 Å². The van der Waals surface area contributed by atoms with Crippen molar-refractivity contribution < 1.29 is 14.8 Å². The molecular formula is C12H8ClN3O4. The summed E-state index contributed by atoms with van der Waals surface area (Å²) in [5, 5.41) is 22.8. The van der Waals surface area contributed by atoms with Gasteiger partial charge < -0.3 is 10.4 Å².